The molecule has 11 nitrogen and oxygen atoms in total. The van der Waals surface area contributed by atoms with E-state index in [1.807, 2.05) is 50.2 Å². The van der Waals surface area contributed by atoms with Crippen LogP contribution in [0.5, 0.6) is 5.75 Å². The first-order valence-corrected chi connectivity index (χ1v) is 17.5. The normalized spacial score (nSPS) is 20.9. The van der Waals surface area contributed by atoms with Crippen molar-refractivity contribution >= 4 is 29.6 Å². The molecule has 48 heavy (non-hydrogen) atoms. The van der Waals surface area contributed by atoms with Crippen LogP contribution in [0.15, 0.2) is 36.7 Å². The minimum absolute atomic E-state index is 0.139. The van der Waals surface area contributed by atoms with Gasteiger partial charge in [0.2, 0.25) is 5.95 Å². The number of ether oxygens (including phenoxy) is 1. The van der Waals surface area contributed by atoms with E-state index in [0.717, 1.165) is 87.6 Å². The summed E-state index contributed by atoms with van der Waals surface area (Å²) in [5.74, 6) is 1.92. The number of phenols is 1. The molecule has 3 aromatic rings. The van der Waals surface area contributed by atoms with E-state index in [1.165, 1.54) is 18.4 Å². The molecule has 1 saturated carbocycles. The van der Waals surface area contributed by atoms with Gasteiger partial charge in [0.05, 0.1) is 0 Å². The fraction of sp³-hybridized carbons (Fsp3) is 0.541. The number of likely N-dealkylation sites (tertiary alicyclic amines) is 2. The highest BCUT2D eigenvalue weighted by Gasteiger charge is 2.49. The molecule has 0 atom stereocenters. The zero-order valence-corrected chi connectivity index (χ0v) is 28.5. The molecule has 6 N–H and O–H groups in total. The van der Waals surface area contributed by atoms with E-state index in [2.05, 4.69) is 14.8 Å². The quantitative estimate of drug-likeness (QED) is 0.281. The van der Waals surface area contributed by atoms with Crippen LogP contribution in [-0.2, 0) is 17.7 Å². The summed E-state index contributed by atoms with van der Waals surface area (Å²) >= 11 is 0. The molecular formula is C37H50N8O3. The summed E-state index contributed by atoms with van der Waals surface area (Å²) in [5.41, 5.74) is 18.0. The molecule has 2 aromatic heterocycles. The van der Waals surface area contributed by atoms with Crippen LogP contribution >= 0.6 is 0 Å². The van der Waals surface area contributed by atoms with Crippen LogP contribution in [0.2, 0.25) is 0 Å². The van der Waals surface area contributed by atoms with Gasteiger partial charge in [-0.15, -0.1) is 0 Å². The molecule has 1 aliphatic carbocycles. The highest BCUT2D eigenvalue weighted by atomic mass is 16.6. The Morgan fingerprint density at radius 3 is 2.42 bits per heavy atom. The molecule has 2 saturated heterocycles. The maximum Gasteiger partial charge on any atom is 0.410 e. The van der Waals surface area contributed by atoms with Crippen molar-refractivity contribution < 1.29 is 14.6 Å². The summed E-state index contributed by atoms with van der Waals surface area (Å²) in [7, 11) is 0. The Morgan fingerprint density at radius 1 is 1.06 bits per heavy atom. The van der Waals surface area contributed by atoms with Crippen molar-refractivity contribution in [2.24, 2.45) is 11.1 Å². The Balaban J connectivity index is 0.911. The van der Waals surface area contributed by atoms with Crippen LogP contribution in [0.3, 0.4) is 0 Å². The number of hydrogen-bond acceptors (Lipinski definition) is 9. The van der Waals surface area contributed by atoms with Crippen molar-refractivity contribution in [3.63, 3.8) is 0 Å². The second kappa shape index (κ2) is 12.7. The highest BCUT2D eigenvalue weighted by molar-refractivity contribution is 5.86. The number of para-hydroxylation sites is 1. The largest absolute Gasteiger partial charge is 0.507 e. The van der Waals surface area contributed by atoms with Gasteiger partial charge in [0.25, 0.3) is 0 Å². The monoisotopic (exact) mass is 654 g/mol. The first kappa shape index (κ1) is 32.3. The van der Waals surface area contributed by atoms with Crippen LogP contribution in [0, 0.1) is 5.41 Å². The Bertz CT molecular complexity index is 1650. The number of aromatic hydroxyl groups is 1. The summed E-state index contributed by atoms with van der Waals surface area (Å²) in [4.78, 5) is 32.3. The Kier molecular flexibility index (Phi) is 8.51. The van der Waals surface area contributed by atoms with Gasteiger partial charge in [-0.2, -0.15) is 0 Å². The lowest BCUT2D eigenvalue weighted by molar-refractivity contribution is -0.0530. The van der Waals surface area contributed by atoms with Gasteiger partial charge in [0.1, 0.15) is 17.2 Å². The summed E-state index contributed by atoms with van der Waals surface area (Å²) in [6.45, 7) is 11.0. The maximum absolute atomic E-state index is 12.5. The number of anilines is 2. The molecule has 4 aliphatic rings. The smallest absolute Gasteiger partial charge is 0.410 e. The highest BCUT2D eigenvalue weighted by Crippen LogP contribution is 2.51. The third-order valence-corrected chi connectivity index (χ3v) is 11.0. The second-order valence-electron chi connectivity index (χ2n) is 15.4. The van der Waals surface area contributed by atoms with Gasteiger partial charge < -0.3 is 41.0 Å². The van der Waals surface area contributed by atoms with E-state index in [0.29, 0.717) is 41.0 Å². The number of hydrogen-bond donors (Lipinski definition) is 4. The lowest BCUT2D eigenvalue weighted by Crippen LogP contribution is -2.57. The minimum Gasteiger partial charge on any atom is -0.507 e. The van der Waals surface area contributed by atoms with Crippen molar-refractivity contribution in [2.45, 2.75) is 89.8 Å². The van der Waals surface area contributed by atoms with Gasteiger partial charge >= 0.3 is 6.09 Å². The number of nitrogens with zero attached hydrogens (tertiary/aromatic N) is 5. The van der Waals surface area contributed by atoms with Crippen LogP contribution < -0.4 is 16.4 Å². The summed E-state index contributed by atoms with van der Waals surface area (Å²) in [6.07, 6.45) is 13.5. The second-order valence-corrected chi connectivity index (χ2v) is 15.4. The zero-order chi connectivity index (χ0) is 33.6. The third kappa shape index (κ3) is 6.57. The number of phenolic OH excluding ortho intramolecular Hbond substituents is 1. The predicted octanol–water partition coefficient (Wildman–Crippen LogP) is 5.47. The molecule has 256 valence electrons. The molecule has 3 fully saturated rings. The lowest BCUT2D eigenvalue weighted by atomic mass is 9.59. The van der Waals surface area contributed by atoms with Crippen molar-refractivity contribution in [1.29, 1.82) is 0 Å². The van der Waals surface area contributed by atoms with Gasteiger partial charge in [-0.3, -0.25) is 0 Å². The number of nitrogens with two attached hydrogens (primary N) is 2. The topological polar surface area (TPSA) is 150 Å². The van der Waals surface area contributed by atoms with Crippen molar-refractivity contribution in [3.05, 3.63) is 64.6 Å². The fourth-order valence-electron chi connectivity index (χ4n) is 8.23. The Morgan fingerprint density at radius 2 is 1.75 bits per heavy atom. The number of benzene rings is 1. The van der Waals surface area contributed by atoms with Crippen molar-refractivity contribution in [2.75, 3.05) is 43.4 Å². The van der Waals surface area contributed by atoms with Gasteiger partial charge in [0, 0.05) is 79.1 Å². The van der Waals surface area contributed by atoms with E-state index in [-0.39, 0.29) is 11.8 Å². The first-order valence-electron chi connectivity index (χ1n) is 17.5. The van der Waals surface area contributed by atoms with Crippen molar-refractivity contribution in [1.82, 2.24) is 24.8 Å². The van der Waals surface area contributed by atoms with Gasteiger partial charge in [0.15, 0.2) is 0 Å². The number of carbonyl (C=O) groups is 1. The molecule has 1 aromatic carbocycles. The SMILES string of the molecule is CC(C)(C)OC(=O)N1CCC2(CC1)CC(N1CCC(c3cnc(N4CCc5[nH]c(N)c(/C=C(\N)c6ccccc6O)c5C4)nc3)CC1)C2. The number of nitrogens with one attached hydrogen (secondary N) is 1. The summed E-state index contributed by atoms with van der Waals surface area (Å²) < 4.78 is 5.59. The number of fused-ring (bicyclic) bond motifs is 1. The summed E-state index contributed by atoms with van der Waals surface area (Å²) in [5, 5.41) is 10.3. The van der Waals surface area contributed by atoms with Crippen LogP contribution in [0.4, 0.5) is 16.6 Å². The van der Waals surface area contributed by atoms with Crippen LogP contribution in [-0.4, -0.2) is 80.3 Å². The maximum atomic E-state index is 12.5. The Hall–Kier alpha value is -4.25. The molecule has 7 rings (SSSR count). The number of rotatable bonds is 5. The number of aromatic nitrogens is 3. The van der Waals surface area contributed by atoms with E-state index in [9.17, 15) is 9.90 Å². The first-order chi connectivity index (χ1) is 23.0. The molecule has 1 spiro atoms. The molecule has 0 unspecified atom stereocenters. The van der Waals surface area contributed by atoms with Crippen molar-refractivity contribution in [3.8, 4) is 5.75 Å². The molecule has 1 amide bonds. The molecule has 11 heteroatoms. The minimum atomic E-state index is -0.446. The third-order valence-electron chi connectivity index (χ3n) is 11.0. The summed E-state index contributed by atoms with van der Waals surface area (Å²) in [6, 6.07) is 7.71. The van der Waals surface area contributed by atoms with E-state index < -0.39 is 5.60 Å². The van der Waals surface area contributed by atoms with E-state index in [4.69, 9.17) is 26.2 Å². The van der Waals surface area contributed by atoms with Gasteiger partial charge in [-0.05, 0) is 107 Å². The molecule has 0 bridgehead atoms. The average molecular weight is 655 g/mol. The molecule has 3 aliphatic heterocycles. The number of piperidine rings is 2. The standard InChI is InChI=1S/C37H50N8O3/c1-36(2,3)48-35(47)44-16-11-37(12-17-44)19-26(20-37)43-13-8-24(9-14-43)25-21-40-34(41-22-25)45-15-10-31-29(23-45)28(33(39)42-31)18-30(38)27-6-4-5-7-32(27)46/h4-7,18,21-22,24,26,42,46H,8-17,19-20,23,38-39H2,1-3H3/b30-18-. The van der Waals surface area contributed by atoms with Gasteiger partial charge in [-0.1, -0.05) is 12.1 Å². The molecule has 5 heterocycles. The van der Waals surface area contributed by atoms with E-state index in [1.54, 1.807) is 18.2 Å². The van der Waals surface area contributed by atoms with Crippen LogP contribution in [0.25, 0.3) is 11.8 Å². The predicted molar refractivity (Wildman–Crippen MR) is 188 cm³/mol. The number of carbonyl (C=O) groups excluding carboxylic acids is 1. The molecule has 0 radical (unpaired) electrons. The molecular weight excluding hydrogens is 604 g/mol. The average Bonchev–Trinajstić information content (AvgIpc) is 3.36. The Labute approximate surface area is 283 Å². The number of amides is 1. The lowest BCUT2D eigenvalue weighted by Gasteiger charge is -2.56. The zero-order valence-electron chi connectivity index (χ0n) is 28.5. The number of nitrogen functional groups attached to an aromatic ring is 1. The number of H-pyrrole nitrogens is 1. The van der Waals surface area contributed by atoms with Gasteiger partial charge in [-0.25, -0.2) is 14.8 Å². The van der Waals surface area contributed by atoms with Crippen LogP contribution in [0.1, 0.15) is 93.2 Å². The van der Waals surface area contributed by atoms with E-state index >= 15 is 0 Å². The fourth-order valence-corrected chi connectivity index (χ4v) is 8.23. The number of aromatic amines is 1.